The maximum Gasteiger partial charge on any atom is 0.411 e. The first-order valence-corrected chi connectivity index (χ1v) is 9.70. The zero-order valence-electron chi connectivity index (χ0n) is 17.2. The Kier molecular flexibility index (Phi) is 5.70. The average molecular weight is 383 g/mol. The molecule has 1 fully saturated rings. The summed E-state index contributed by atoms with van der Waals surface area (Å²) in [5, 5.41) is 10.7. The number of ether oxygens (including phenoxy) is 1. The number of likely N-dealkylation sites (tertiary alicyclic amines) is 1. The quantitative estimate of drug-likeness (QED) is 0.838. The van der Waals surface area contributed by atoms with Gasteiger partial charge in [-0.15, -0.1) is 0 Å². The summed E-state index contributed by atoms with van der Waals surface area (Å²) in [6.07, 6.45) is 3.30. The highest BCUT2D eigenvalue weighted by molar-refractivity contribution is 5.70. The number of carbonyl (C=O) groups excluding carboxylic acids is 1. The van der Waals surface area contributed by atoms with Gasteiger partial charge in [-0.1, -0.05) is 12.1 Å². The molecular formula is C22H29N3O3. The van der Waals surface area contributed by atoms with Crippen molar-refractivity contribution in [3.05, 3.63) is 59.2 Å². The Bertz CT molecular complexity index is 791. The normalized spacial score (nSPS) is 22.8. The van der Waals surface area contributed by atoms with Gasteiger partial charge in [0, 0.05) is 12.4 Å². The van der Waals surface area contributed by atoms with Crippen LogP contribution in [0.25, 0.3) is 0 Å². The summed E-state index contributed by atoms with van der Waals surface area (Å²) in [6, 6.07) is 6.92. The first-order chi connectivity index (χ1) is 13.2. The topological polar surface area (TPSA) is 75.6 Å². The average Bonchev–Trinajstić information content (AvgIpc) is 2.60. The lowest BCUT2D eigenvalue weighted by atomic mass is 9.87. The van der Waals surface area contributed by atoms with Gasteiger partial charge < -0.3 is 9.84 Å². The number of aryl methyl sites for hydroxylation is 2. The lowest BCUT2D eigenvalue weighted by Gasteiger charge is -2.44. The number of hydrogen-bond donors (Lipinski definition) is 1. The molecule has 3 heterocycles. The number of carbonyl (C=O) groups is 1. The number of rotatable bonds is 2. The summed E-state index contributed by atoms with van der Waals surface area (Å²) in [5.41, 5.74) is 2.90. The van der Waals surface area contributed by atoms with Gasteiger partial charge in [0.15, 0.2) is 0 Å². The predicted octanol–water partition coefficient (Wildman–Crippen LogP) is 4.27. The number of pyridine rings is 2. The number of amides is 1. The zero-order valence-corrected chi connectivity index (χ0v) is 17.2. The van der Waals surface area contributed by atoms with E-state index in [1.807, 2.05) is 58.9 Å². The minimum absolute atomic E-state index is 0.383. The van der Waals surface area contributed by atoms with E-state index >= 15 is 0 Å². The predicted molar refractivity (Wildman–Crippen MR) is 107 cm³/mol. The van der Waals surface area contributed by atoms with Crippen molar-refractivity contribution < 1.29 is 14.6 Å². The highest BCUT2D eigenvalue weighted by Crippen LogP contribution is 2.43. The van der Waals surface area contributed by atoms with Gasteiger partial charge in [-0.3, -0.25) is 14.9 Å². The molecule has 0 aliphatic carbocycles. The largest absolute Gasteiger partial charge is 0.444 e. The third-order valence-electron chi connectivity index (χ3n) is 5.00. The fourth-order valence-corrected chi connectivity index (χ4v) is 3.81. The number of piperidine rings is 1. The lowest BCUT2D eigenvalue weighted by molar-refractivity contribution is -0.0336. The van der Waals surface area contributed by atoms with Crippen molar-refractivity contribution >= 4 is 6.09 Å². The van der Waals surface area contributed by atoms with Crippen LogP contribution >= 0.6 is 0 Å². The molecule has 2 aromatic heterocycles. The Morgan fingerprint density at radius 1 is 1.04 bits per heavy atom. The van der Waals surface area contributed by atoms with E-state index in [-0.39, 0.29) is 12.1 Å². The SMILES string of the molecule is Cc1cccnc1[C@H]1C[C@@H](O)C[C@@H](c2ncccc2C)N1C(=O)OC(C)(C)C. The van der Waals surface area contributed by atoms with Crippen molar-refractivity contribution in [1.29, 1.82) is 0 Å². The van der Waals surface area contributed by atoms with Crippen LogP contribution in [0, 0.1) is 13.8 Å². The summed E-state index contributed by atoms with van der Waals surface area (Å²) in [4.78, 5) is 24.1. The Labute approximate surface area is 166 Å². The maximum absolute atomic E-state index is 13.3. The van der Waals surface area contributed by atoms with Gasteiger partial charge >= 0.3 is 6.09 Å². The highest BCUT2D eigenvalue weighted by atomic mass is 16.6. The van der Waals surface area contributed by atoms with Crippen LogP contribution in [0.15, 0.2) is 36.7 Å². The van der Waals surface area contributed by atoms with E-state index in [9.17, 15) is 9.90 Å². The van der Waals surface area contributed by atoms with Gasteiger partial charge in [0.25, 0.3) is 0 Å². The van der Waals surface area contributed by atoms with Crippen LogP contribution in [-0.4, -0.2) is 37.8 Å². The van der Waals surface area contributed by atoms with Crippen LogP contribution in [0.1, 0.15) is 68.2 Å². The summed E-state index contributed by atoms with van der Waals surface area (Å²) >= 11 is 0. The molecule has 1 amide bonds. The number of aliphatic hydroxyl groups excluding tert-OH is 1. The summed E-state index contributed by atoms with van der Waals surface area (Å²) in [7, 11) is 0. The molecule has 6 heteroatoms. The van der Waals surface area contributed by atoms with E-state index in [2.05, 4.69) is 9.97 Å². The molecule has 0 aromatic carbocycles. The van der Waals surface area contributed by atoms with Crippen LogP contribution in [0.5, 0.6) is 0 Å². The summed E-state index contributed by atoms with van der Waals surface area (Å²) in [5.74, 6) is 0. The molecule has 1 aliphatic rings. The standard InChI is InChI=1S/C22H29N3O3/c1-14-8-6-10-23-19(14)17-12-16(26)13-18(20-15(2)9-7-11-24-20)25(17)21(27)28-22(3,4)5/h6-11,16-18,26H,12-13H2,1-5H3/t16-,17-,18+. The minimum Gasteiger partial charge on any atom is -0.444 e. The Morgan fingerprint density at radius 3 is 1.89 bits per heavy atom. The smallest absolute Gasteiger partial charge is 0.411 e. The Morgan fingerprint density at radius 2 is 1.50 bits per heavy atom. The van der Waals surface area contributed by atoms with Crippen LogP contribution < -0.4 is 0 Å². The molecule has 0 unspecified atom stereocenters. The van der Waals surface area contributed by atoms with E-state index in [4.69, 9.17) is 4.74 Å². The third-order valence-corrected chi connectivity index (χ3v) is 5.00. The molecule has 3 atom stereocenters. The number of aromatic nitrogens is 2. The third kappa shape index (κ3) is 4.33. The molecule has 150 valence electrons. The van der Waals surface area contributed by atoms with E-state index in [0.29, 0.717) is 12.8 Å². The van der Waals surface area contributed by atoms with Gasteiger partial charge in [-0.25, -0.2) is 4.79 Å². The fraction of sp³-hybridized carbons (Fsp3) is 0.500. The second-order valence-electron chi connectivity index (χ2n) is 8.46. The number of aliphatic hydroxyl groups is 1. The van der Waals surface area contributed by atoms with E-state index in [0.717, 1.165) is 22.5 Å². The summed E-state index contributed by atoms with van der Waals surface area (Å²) in [6.45, 7) is 9.50. The van der Waals surface area contributed by atoms with Gasteiger partial charge in [0.2, 0.25) is 0 Å². The molecule has 2 aromatic rings. The molecule has 1 N–H and O–H groups in total. The molecule has 0 saturated carbocycles. The van der Waals surface area contributed by atoms with Crippen molar-refractivity contribution in [3.63, 3.8) is 0 Å². The monoisotopic (exact) mass is 383 g/mol. The first kappa shape index (κ1) is 20.3. The fourth-order valence-electron chi connectivity index (χ4n) is 3.81. The zero-order chi connectivity index (χ0) is 20.5. The van der Waals surface area contributed by atoms with Crippen molar-refractivity contribution in [2.45, 2.75) is 71.2 Å². The van der Waals surface area contributed by atoms with Gasteiger partial charge in [0.1, 0.15) is 5.60 Å². The van der Waals surface area contributed by atoms with Crippen LogP contribution in [0.3, 0.4) is 0 Å². The second kappa shape index (κ2) is 7.87. The van der Waals surface area contributed by atoms with Gasteiger partial charge in [-0.2, -0.15) is 0 Å². The first-order valence-electron chi connectivity index (χ1n) is 9.70. The van der Waals surface area contributed by atoms with Crippen LogP contribution in [-0.2, 0) is 4.74 Å². The van der Waals surface area contributed by atoms with Crippen LogP contribution in [0.4, 0.5) is 4.79 Å². The maximum atomic E-state index is 13.3. The Balaban J connectivity index is 2.10. The number of nitrogens with zero attached hydrogens (tertiary/aromatic N) is 3. The molecule has 1 aliphatic heterocycles. The molecule has 0 spiro atoms. The molecular weight excluding hydrogens is 354 g/mol. The molecule has 0 bridgehead atoms. The van der Waals surface area contributed by atoms with E-state index in [1.165, 1.54) is 0 Å². The Hall–Kier alpha value is -2.47. The molecule has 28 heavy (non-hydrogen) atoms. The van der Waals surface area contributed by atoms with Crippen molar-refractivity contribution in [3.8, 4) is 0 Å². The summed E-state index contributed by atoms with van der Waals surface area (Å²) < 4.78 is 5.75. The van der Waals surface area contributed by atoms with E-state index < -0.39 is 17.8 Å². The molecule has 0 radical (unpaired) electrons. The van der Waals surface area contributed by atoms with Gasteiger partial charge in [0.05, 0.1) is 29.6 Å². The van der Waals surface area contributed by atoms with Crippen LogP contribution in [0.2, 0.25) is 0 Å². The van der Waals surface area contributed by atoms with Gasteiger partial charge in [-0.05, 0) is 70.7 Å². The highest BCUT2D eigenvalue weighted by Gasteiger charge is 2.43. The van der Waals surface area contributed by atoms with Crippen molar-refractivity contribution in [2.24, 2.45) is 0 Å². The molecule has 3 rings (SSSR count). The lowest BCUT2D eigenvalue weighted by Crippen LogP contribution is -2.47. The van der Waals surface area contributed by atoms with Crippen molar-refractivity contribution in [1.82, 2.24) is 14.9 Å². The second-order valence-corrected chi connectivity index (χ2v) is 8.46. The number of hydrogen-bond acceptors (Lipinski definition) is 5. The minimum atomic E-state index is -0.624. The van der Waals surface area contributed by atoms with Crippen molar-refractivity contribution in [2.75, 3.05) is 0 Å². The molecule has 6 nitrogen and oxygen atoms in total. The molecule has 1 saturated heterocycles. The van der Waals surface area contributed by atoms with E-state index in [1.54, 1.807) is 17.3 Å².